The number of primary amides is 1. The van der Waals surface area contributed by atoms with E-state index in [1.807, 2.05) is 0 Å². The van der Waals surface area contributed by atoms with Crippen LogP contribution in [-0.4, -0.2) is 87.8 Å². The molecular weight excluding hydrogens is 539 g/mol. The van der Waals surface area contributed by atoms with Crippen LogP contribution in [-0.2, 0) is 33.5 Å². The summed E-state index contributed by atoms with van der Waals surface area (Å²) in [4.78, 5) is 40.5. The predicted octanol–water partition coefficient (Wildman–Crippen LogP) is 0.629. The van der Waals surface area contributed by atoms with Crippen molar-refractivity contribution in [2.24, 2.45) is 17.6 Å². The van der Waals surface area contributed by atoms with Crippen molar-refractivity contribution in [1.29, 1.82) is 0 Å². The second kappa shape index (κ2) is 9.58. The molecule has 1 aliphatic heterocycles. The van der Waals surface area contributed by atoms with Gasteiger partial charge in [0.2, 0.25) is 5.78 Å². The average molecular weight is 568 g/mol. The third-order valence-electron chi connectivity index (χ3n) is 8.38. The van der Waals surface area contributed by atoms with Crippen LogP contribution < -0.4 is 11.1 Å². The van der Waals surface area contributed by atoms with Gasteiger partial charge in [0.05, 0.1) is 30.4 Å². The largest absolute Gasteiger partial charge is 0.510 e. The molecule has 3 aliphatic carbocycles. The van der Waals surface area contributed by atoms with Crippen LogP contribution in [0.5, 0.6) is 5.75 Å². The Hall–Kier alpha value is -3.46. The number of hydrogen-bond donors (Lipinski definition) is 6. The number of benzene rings is 1. The number of amides is 1. The quantitative estimate of drug-likeness (QED) is 0.282. The topological polar surface area (TPSA) is 183 Å². The molecule has 40 heavy (non-hydrogen) atoms. The number of ketones is 2. The molecule has 0 aromatic heterocycles. The normalized spacial score (nSPS) is 29.3. The van der Waals surface area contributed by atoms with E-state index in [9.17, 15) is 48.0 Å². The molecule has 1 aromatic rings. The maximum Gasteiger partial charge on any atom is 0.417 e. The Morgan fingerprint density at radius 2 is 1.88 bits per heavy atom. The van der Waals surface area contributed by atoms with Crippen LogP contribution in [0.15, 0.2) is 28.7 Å². The third-order valence-corrected chi connectivity index (χ3v) is 8.38. The minimum absolute atomic E-state index is 0.154. The summed E-state index contributed by atoms with van der Waals surface area (Å²) in [5, 5.41) is 46.8. The van der Waals surface area contributed by atoms with Gasteiger partial charge in [-0.2, -0.15) is 13.2 Å². The van der Waals surface area contributed by atoms with E-state index >= 15 is 0 Å². The van der Waals surface area contributed by atoms with Crippen LogP contribution >= 0.6 is 0 Å². The summed E-state index contributed by atoms with van der Waals surface area (Å²) in [6.45, 7) is 1.27. The summed E-state index contributed by atoms with van der Waals surface area (Å²) in [7, 11) is 1.34. The van der Waals surface area contributed by atoms with Gasteiger partial charge in [-0.15, -0.1) is 0 Å². The molecule has 4 atom stereocenters. The van der Waals surface area contributed by atoms with Gasteiger partial charge in [-0.25, -0.2) is 0 Å². The Labute approximate surface area is 225 Å². The van der Waals surface area contributed by atoms with Crippen LogP contribution in [0.2, 0.25) is 0 Å². The molecule has 0 bridgehead atoms. The number of hydrogen-bond acceptors (Lipinski definition) is 10. The van der Waals surface area contributed by atoms with E-state index in [4.69, 9.17) is 10.5 Å². The van der Waals surface area contributed by atoms with E-state index in [1.54, 1.807) is 4.90 Å². The molecule has 7 N–H and O–H groups in total. The number of aliphatic hydroxyl groups is 3. The van der Waals surface area contributed by atoms with Gasteiger partial charge in [-0.05, 0) is 43.0 Å². The fourth-order valence-corrected chi connectivity index (χ4v) is 6.63. The van der Waals surface area contributed by atoms with Crippen LogP contribution in [0, 0.1) is 11.8 Å². The number of halogens is 3. The number of alkyl halides is 3. The summed E-state index contributed by atoms with van der Waals surface area (Å²) in [6, 6.07) is -0.421. The first kappa shape index (κ1) is 28.1. The van der Waals surface area contributed by atoms with Crippen molar-refractivity contribution >= 4 is 17.5 Å². The zero-order chi connectivity index (χ0) is 29.3. The summed E-state index contributed by atoms with van der Waals surface area (Å²) in [6.07, 6.45) is -5.67. The SMILES string of the molecule is CN[C@@H]1C(O)=C(C(N)=O)C(=O)[C@@]2(O)C(O)=C3C(=O)c4c(O)cc(CN5CCOCC5)c(C(F)(F)F)c4C[C@H]3C[C@@H]12. The van der Waals surface area contributed by atoms with Gasteiger partial charge in [0.15, 0.2) is 11.4 Å². The monoisotopic (exact) mass is 567 g/mol. The smallest absolute Gasteiger partial charge is 0.417 e. The number of fused-ring (bicyclic) bond motifs is 3. The Bertz CT molecular complexity index is 1380. The molecule has 0 unspecified atom stereocenters. The van der Waals surface area contributed by atoms with E-state index in [1.165, 1.54) is 7.05 Å². The minimum Gasteiger partial charge on any atom is -0.510 e. The Morgan fingerprint density at radius 3 is 2.45 bits per heavy atom. The van der Waals surface area contributed by atoms with Gasteiger partial charge >= 0.3 is 6.18 Å². The second-order valence-corrected chi connectivity index (χ2v) is 10.5. The van der Waals surface area contributed by atoms with Crippen molar-refractivity contribution in [3.8, 4) is 5.75 Å². The standard InChI is InChI=1S/C26H28F3N3O8/c1-31-19-13-7-10-6-12-16(14(33)8-11(18(12)26(27,28)29)9-32-2-4-40-5-3-32)20(34)15(10)22(36)25(13,39)23(37)17(21(19)35)24(30)38/h8,10,13,19,31,33,35-36,39H,2-7,9H2,1H3,(H2,30,38)/t10-,13-,19-,25-/m0/s1. The fourth-order valence-electron chi connectivity index (χ4n) is 6.63. The van der Waals surface area contributed by atoms with Crippen molar-refractivity contribution in [2.45, 2.75) is 37.2 Å². The maximum absolute atomic E-state index is 14.5. The Morgan fingerprint density at radius 1 is 1.23 bits per heavy atom. The number of phenolic OH excluding ortho intramolecular Hbond substituents is 1. The van der Waals surface area contributed by atoms with Crippen molar-refractivity contribution in [3.05, 3.63) is 51.0 Å². The van der Waals surface area contributed by atoms with Crippen LogP contribution in [0.4, 0.5) is 13.2 Å². The molecule has 1 fully saturated rings. The number of carbonyl (C=O) groups is 3. The number of ether oxygens (including phenoxy) is 1. The molecule has 0 radical (unpaired) electrons. The zero-order valence-electron chi connectivity index (χ0n) is 21.3. The van der Waals surface area contributed by atoms with Crippen LogP contribution in [0.1, 0.15) is 33.5 Å². The summed E-state index contributed by atoms with van der Waals surface area (Å²) in [5.41, 5.74) is -1.56. The van der Waals surface area contributed by atoms with E-state index in [0.717, 1.165) is 6.07 Å². The van der Waals surface area contributed by atoms with Gasteiger partial charge in [0, 0.05) is 31.1 Å². The lowest BCUT2D eigenvalue weighted by molar-refractivity contribution is -0.146. The van der Waals surface area contributed by atoms with E-state index in [0.29, 0.717) is 26.3 Å². The number of rotatable bonds is 4. The van der Waals surface area contributed by atoms with Crippen molar-refractivity contribution in [3.63, 3.8) is 0 Å². The number of nitrogens with zero attached hydrogens (tertiary/aromatic N) is 1. The molecule has 1 aromatic carbocycles. The van der Waals surface area contributed by atoms with Gasteiger partial charge in [-0.1, -0.05) is 0 Å². The molecule has 5 rings (SSSR count). The predicted molar refractivity (Wildman–Crippen MR) is 130 cm³/mol. The van der Waals surface area contributed by atoms with Gasteiger partial charge < -0.3 is 36.2 Å². The Balaban J connectivity index is 1.68. The number of nitrogens with one attached hydrogen (secondary N) is 1. The highest BCUT2D eigenvalue weighted by atomic mass is 19.4. The highest BCUT2D eigenvalue weighted by Gasteiger charge is 2.63. The van der Waals surface area contributed by atoms with Crippen LogP contribution in [0.3, 0.4) is 0 Å². The first-order valence-corrected chi connectivity index (χ1v) is 12.6. The lowest BCUT2D eigenvalue weighted by Gasteiger charge is -2.48. The molecule has 0 saturated carbocycles. The maximum atomic E-state index is 14.5. The van der Waals surface area contributed by atoms with Crippen molar-refractivity contribution in [2.75, 3.05) is 33.4 Å². The zero-order valence-corrected chi connectivity index (χ0v) is 21.3. The Kier molecular flexibility index (Phi) is 6.72. The summed E-state index contributed by atoms with van der Waals surface area (Å²) < 4.78 is 48.9. The summed E-state index contributed by atoms with van der Waals surface area (Å²) >= 11 is 0. The lowest BCUT2D eigenvalue weighted by Crippen LogP contribution is -2.63. The number of aliphatic hydroxyl groups excluding tert-OH is 2. The van der Waals surface area contributed by atoms with Crippen molar-refractivity contribution in [1.82, 2.24) is 10.2 Å². The lowest BCUT2D eigenvalue weighted by atomic mass is 9.58. The minimum atomic E-state index is -4.90. The van der Waals surface area contributed by atoms with Gasteiger partial charge in [0.25, 0.3) is 5.91 Å². The molecule has 1 saturated heterocycles. The first-order chi connectivity index (χ1) is 18.7. The molecule has 11 nitrogen and oxygen atoms in total. The molecule has 1 heterocycles. The number of phenols is 1. The van der Waals surface area contributed by atoms with E-state index in [2.05, 4.69) is 5.32 Å². The molecule has 4 aliphatic rings. The van der Waals surface area contributed by atoms with Crippen LogP contribution in [0.25, 0.3) is 0 Å². The number of carbonyl (C=O) groups excluding carboxylic acids is 3. The summed E-state index contributed by atoms with van der Waals surface area (Å²) in [5.74, 6) is -9.13. The first-order valence-electron chi connectivity index (χ1n) is 12.6. The molecule has 1 amide bonds. The van der Waals surface area contributed by atoms with Crippen molar-refractivity contribution < 1.29 is 52.7 Å². The number of Topliss-reactive ketones (excluding diaryl/α,β-unsaturated/α-hetero) is 2. The highest BCUT2D eigenvalue weighted by Crippen LogP contribution is 2.53. The highest BCUT2D eigenvalue weighted by molar-refractivity contribution is 6.24. The van der Waals surface area contributed by atoms with E-state index in [-0.39, 0.29) is 18.5 Å². The average Bonchev–Trinajstić information content (AvgIpc) is 2.86. The number of likely N-dealkylation sites (N-methyl/N-ethyl adjacent to an activating group) is 1. The molecular formula is C26H28F3N3O8. The fraction of sp³-hybridized carbons (Fsp3) is 0.500. The third kappa shape index (κ3) is 4.00. The number of allylic oxidation sites excluding steroid dienone is 1. The number of aromatic hydroxyl groups is 1. The van der Waals surface area contributed by atoms with Gasteiger partial charge in [-0.3, -0.25) is 19.3 Å². The van der Waals surface area contributed by atoms with E-state index < -0.39 is 98.7 Å². The number of nitrogens with two attached hydrogens (primary N) is 1. The van der Waals surface area contributed by atoms with Gasteiger partial charge in [0.1, 0.15) is 22.8 Å². The molecule has 14 heteroatoms. The molecule has 0 spiro atoms. The molecule has 216 valence electrons. The second-order valence-electron chi connectivity index (χ2n) is 10.5. The number of morpholine rings is 1.